The average Bonchev–Trinajstić information content (AvgIpc) is 3.09. The predicted molar refractivity (Wildman–Crippen MR) is 173 cm³/mol. The third-order valence-corrected chi connectivity index (χ3v) is 7.93. The molecule has 0 nitrogen and oxygen atoms in total. The lowest BCUT2D eigenvalue weighted by Crippen LogP contribution is -1.91. The third-order valence-electron chi connectivity index (χ3n) is 7.93. The van der Waals surface area contributed by atoms with Crippen LogP contribution in [0, 0.1) is 0 Å². The summed E-state index contributed by atoms with van der Waals surface area (Å²) in [5, 5.41) is 8.49. The maximum absolute atomic E-state index is 8.78. The minimum absolute atomic E-state index is 0.198. The first-order chi connectivity index (χ1) is 21.9. The molecule has 0 saturated carbocycles. The second kappa shape index (κ2) is 9.22. The summed E-state index contributed by atoms with van der Waals surface area (Å²) in [7, 11) is 0. The maximum Gasteiger partial charge on any atom is 0.0629 e. The largest absolute Gasteiger partial charge is 0.0629 e. The molecule has 0 fully saturated rings. The van der Waals surface area contributed by atoms with Crippen LogP contribution >= 0.6 is 0 Å². The first-order valence-electron chi connectivity index (χ1n) is 16.0. The molecule has 0 heterocycles. The van der Waals surface area contributed by atoms with Crippen molar-refractivity contribution in [3.8, 4) is 33.4 Å². The Bertz CT molecular complexity index is 2390. The molecular formula is C40H26. The van der Waals surface area contributed by atoms with Crippen LogP contribution in [0.2, 0.25) is 0 Å². The Kier molecular flexibility index (Phi) is 4.18. The molecule has 8 rings (SSSR count). The van der Waals surface area contributed by atoms with Gasteiger partial charge < -0.3 is 0 Å². The van der Waals surface area contributed by atoms with Gasteiger partial charge in [-0.3, -0.25) is 0 Å². The zero-order valence-corrected chi connectivity index (χ0v) is 21.6. The van der Waals surface area contributed by atoms with Gasteiger partial charge in [-0.25, -0.2) is 0 Å². The van der Waals surface area contributed by atoms with Crippen LogP contribution in [-0.4, -0.2) is 0 Å². The molecule has 8 aromatic carbocycles. The van der Waals surface area contributed by atoms with E-state index in [0.717, 1.165) is 38.2 Å². The lowest BCUT2D eigenvalue weighted by molar-refractivity contribution is 1.64. The van der Waals surface area contributed by atoms with Crippen molar-refractivity contribution >= 4 is 43.1 Å². The fourth-order valence-corrected chi connectivity index (χ4v) is 6.19. The van der Waals surface area contributed by atoms with Gasteiger partial charge in [0.1, 0.15) is 0 Å². The minimum Gasteiger partial charge on any atom is -0.0622 e. The molecule has 40 heavy (non-hydrogen) atoms. The molecule has 0 N–H and O–H groups in total. The number of rotatable bonds is 3. The Morgan fingerprint density at radius 2 is 0.800 bits per heavy atom. The van der Waals surface area contributed by atoms with Crippen molar-refractivity contribution in [2.45, 2.75) is 0 Å². The molecule has 0 aromatic heterocycles. The highest BCUT2D eigenvalue weighted by Crippen LogP contribution is 2.44. The molecule has 0 saturated heterocycles. The molecule has 8 aromatic rings. The first kappa shape index (κ1) is 18.2. The summed E-state index contributed by atoms with van der Waals surface area (Å²) in [5.74, 6) is 0. The summed E-state index contributed by atoms with van der Waals surface area (Å²) in [6.07, 6.45) is 0. The molecule has 0 spiro atoms. The molecular weight excluding hydrogens is 480 g/mol. The molecule has 0 aliphatic heterocycles. The number of benzene rings is 8. The van der Waals surface area contributed by atoms with Crippen molar-refractivity contribution in [1.29, 1.82) is 0 Å². The lowest BCUT2D eigenvalue weighted by Gasteiger charge is -2.18. The second-order valence-corrected chi connectivity index (χ2v) is 10.1. The quantitative estimate of drug-likeness (QED) is 0.163. The molecule has 0 atom stereocenters. The Balaban J connectivity index is 1.38. The highest BCUT2D eigenvalue weighted by Gasteiger charge is 2.16. The monoisotopic (exact) mass is 511 g/mol. The maximum atomic E-state index is 8.78. The zero-order valence-electron chi connectivity index (χ0n) is 26.6. The summed E-state index contributed by atoms with van der Waals surface area (Å²) < 4.78 is 42.4. The van der Waals surface area contributed by atoms with E-state index in [1.165, 1.54) is 27.1 Å². The predicted octanol–water partition coefficient (Wildman–Crippen LogP) is 11.3. The van der Waals surface area contributed by atoms with E-state index in [-0.39, 0.29) is 29.7 Å². The van der Waals surface area contributed by atoms with Crippen LogP contribution < -0.4 is 0 Å². The van der Waals surface area contributed by atoms with Crippen LogP contribution in [0.4, 0.5) is 0 Å². The topological polar surface area (TPSA) is 0 Å². The molecule has 0 unspecified atom stereocenters. The van der Waals surface area contributed by atoms with E-state index in [9.17, 15) is 0 Å². The van der Waals surface area contributed by atoms with Gasteiger partial charge in [0.15, 0.2) is 0 Å². The van der Waals surface area contributed by atoms with Crippen LogP contribution in [0.3, 0.4) is 0 Å². The second-order valence-electron chi connectivity index (χ2n) is 10.1. The van der Waals surface area contributed by atoms with Gasteiger partial charge in [-0.1, -0.05) is 152 Å². The van der Waals surface area contributed by atoms with Crippen molar-refractivity contribution in [3.63, 3.8) is 0 Å². The smallest absolute Gasteiger partial charge is 0.0622 e. The van der Waals surface area contributed by atoms with E-state index in [1.54, 1.807) is 0 Å². The summed E-state index contributed by atoms with van der Waals surface area (Å²) in [6, 6.07) is 42.5. The Hall–Kier alpha value is -5.20. The third kappa shape index (κ3) is 3.54. The minimum atomic E-state index is -0.390. The van der Waals surface area contributed by atoms with E-state index in [1.807, 2.05) is 36.4 Å². The Morgan fingerprint density at radius 1 is 0.350 bits per heavy atom. The molecule has 0 bridgehead atoms. The van der Waals surface area contributed by atoms with Gasteiger partial charge in [-0.05, 0) is 82.5 Å². The van der Waals surface area contributed by atoms with Gasteiger partial charge in [-0.15, -0.1) is 0 Å². The first-order valence-corrected chi connectivity index (χ1v) is 13.5. The molecule has 0 aliphatic rings. The van der Waals surface area contributed by atoms with E-state index in [4.69, 9.17) is 6.85 Å². The standard InChI is InChI=1S/C40H26/c1-2-12-28(13-3-1)39-34-18-8-10-20-36(34)40(37-21-11-9-19-35(37)39)29-24-22-27(23-25-29)38-26-30-14-4-5-15-31(30)32-16-6-7-17-33(32)38/h1-26H/i1D,2D,3D,12D,13D. The van der Waals surface area contributed by atoms with Crippen molar-refractivity contribution in [1.82, 2.24) is 0 Å². The lowest BCUT2D eigenvalue weighted by atomic mass is 9.85. The van der Waals surface area contributed by atoms with Gasteiger partial charge in [0.25, 0.3) is 0 Å². The summed E-state index contributed by atoms with van der Waals surface area (Å²) >= 11 is 0. The SMILES string of the molecule is [2H]c1c([2H])c([2H])c(-c2c3ccccc3c(-c3ccc(-c4cc5ccccc5c5ccccc45)cc3)c3ccccc23)c([2H])c1[2H]. The fourth-order valence-electron chi connectivity index (χ4n) is 6.19. The number of hydrogen-bond acceptors (Lipinski definition) is 0. The summed E-state index contributed by atoms with van der Waals surface area (Å²) in [6.45, 7) is 0. The fraction of sp³-hybridized carbons (Fsp3) is 0. The van der Waals surface area contributed by atoms with Gasteiger partial charge in [0, 0.05) is 0 Å². The van der Waals surface area contributed by atoms with Gasteiger partial charge >= 0.3 is 0 Å². The Morgan fingerprint density at radius 3 is 1.40 bits per heavy atom. The zero-order chi connectivity index (χ0) is 30.8. The highest BCUT2D eigenvalue weighted by molar-refractivity contribution is 6.21. The normalized spacial score (nSPS) is 13.2. The molecule has 186 valence electrons. The van der Waals surface area contributed by atoms with Gasteiger partial charge in [0.05, 0.1) is 6.85 Å². The molecule has 0 radical (unpaired) electrons. The van der Waals surface area contributed by atoms with Crippen LogP contribution in [0.1, 0.15) is 6.85 Å². The van der Waals surface area contributed by atoms with Gasteiger partial charge in [0.2, 0.25) is 0 Å². The van der Waals surface area contributed by atoms with Crippen molar-refractivity contribution in [2.24, 2.45) is 0 Å². The van der Waals surface area contributed by atoms with Crippen LogP contribution in [0.5, 0.6) is 0 Å². The molecule has 0 aliphatic carbocycles. The molecule has 0 amide bonds. The van der Waals surface area contributed by atoms with Crippen molar-refractivity contribution in [2.75, 3.05) is 0 Å². The van der Waals surface area contributed by atoms with Crippen LogP contribution in [0.25, 0.3) is 76.5 Å². The average molecular weight is 512 g/mol. The van der Waals surface area contributed by atoms with Crippen molar-refractivity contribution in [3.05, 3.63) is 158 Å². The number of fused-ring (bicyclic) bond motifs is 5. The van der Waals surface area contributed by atoms with E-state index >= 15 is 0 Å². The molecule has 0 heteroatoms. The van der Waals surface area contributed by atoms with Crippen LogP contribution in [0.15, 0.2) is 158 Å². The summed E-state index contributed by atoms with van der Waals surface area (Å²) in [4.78, 5) is 0. The highest BCUT2D eigenvalue weighted by atomic mass is 14.2. The van der Waals surface area contributed by atoms with E-state index < -0.39 is 6.04 Å². The van der Waals surface area contributed by atoms with E-state index in [2.05, 4.69) is 91.0 Å². The van der Waals surface area contributed by atoms with Crippen molar-refractivity contribution < 1.29 is 6.85 Å². The van der Waals surface area contributed by atoms with Gasteiger partial charge in [-0.2, -0.15) is 0 Å². The Labute approximate surface area is 240 Å². The van der Waals surface area contributed by atoms with E-state index in [0.29, 0.717) is 5.56 Å². The van der Waals surface area contributed by atoms with Crippen LogP contribution in [-0.2, 0) is 0 Å². The summed E-state index contributed by atoms with van der Waals surface area (Å²) in [5.41, 5.74) is 5.28. The number of hydrogen-bond donors (Lipinski definition) is 0.